The summed E-state index contributed by atoms with van der Waals surface area (Å²) in [5.74, 6) is 0.324. The van der Waals surface area contributed by atoms with E-state index in [1.807, 2.05) is 0 Å². The van der Waals surface area contributed by atoms with E-state index < -0.39 is 0 Å². The van der Waals surface area contributed by atoms with Crippen LogP contribution in [0.5, 0.6) is 0 Å². The summed E-state index contributed by atoms with van der Waals surface area (Å²) in [7, 11) is 1.46. The Morgan fingerprint density at radius 2 is 1.89 bits per heavy atom. The first kappa shape index (κ1) is 14.1. The molecule has 3 nitrogen and oxygen atoms in total. The van der Waals surface area contributed by atoms with Crippen LogP contribution < -0.4 is 5.32 Å². The zero-order valence-corrected chi connectivity index (χ0v) is 12.0. The van der Waals surface area contributed by atoms with E-state index in [4.69, 9.17) is 4.74 Å². The predicted molar refractivity (Wildman–Crippen MR) is 76.0 cm³/mol. The summed E-state index contributed by atoms with van der Waals surface area (Å²) < 4.78 is 4.90. The lowest BCUT2D eigenvalue weighted by atomic mass is 10.0. The lowest BCUT2D eigenvalue weighted by molar-refractivity contribution is -0.143. The number of rotatable bonds is 5. The number of nitrogens with one attached hydrogen (secondary N) is 1. The van der Waals surface area contributed by atoms with Gasteiger partial charge < -0.3 is 10.1 Å². The molecule has 1 unspecified atom stereocenters. The summed E-state index contributed by atoms with van der Waals surface area (Å²) in [5.41, 5.74) is 2.79. The van der Waals surface area contributed by atoms with Gasteiger partial charge in [0.15, 0.2) is 0 Å². The number of benzene rings is 1. The van der Waals surface area contributed by atoms with Crippen LogP contribution in [-0.2, 0) is 22.4 Å². The minimum absolute atomic E-state index is 0.148. The third kappa shape index (κ3) is 3.57. The van der Waals surface area contributed by atoms with Crippen molar-refractivity contribution in [2.45, 2.75) is 45.2 Å². The SMILES string of the molecule is COC(=O)C(CC(C)C)NC1Cc2ccccc2C1. The molecule has 19 heavy (non-hydrogen) atoms. The highest BCUT2D eigenvalue weighted by molar-refractivity contribution is 5.75. The molecular formula is C16H23NO2. The van der Waals surface area contributed by atoms with Crippen LogP contribution in [0.4, 0.5) is 0 Å². The Morgan fingerprint density at radius 3 is 2.37 bits per heavy atom. The van der Waals surface area contributed by atoms with E-state index in [1.165, 1.54) is 18.2 Å². The minimum atomic E-state index is -0.190. The van der Waals surface area contributed by atoms with E-state index in [2.05, 4.69) is 43.4 Å². The van der Waals surface area contributed by atoms with E-state index in [0.29, 0.717) is 12.0 Å². The van der Waals surface area contributed by atoms with Gasteiger partial charge in [0.2, 0.25) is 0 Å². The van der Waals surface area contributed by atoms with Crippen molar-refractivity contribution in [1.29, 1.82) is 0 Å². The fourth-order valence-corrected chi connectivity index (χ4v) is 2.81. The molecule has 104 valence electrons. The number of fused-ring (bicyclic) bond motifs is 1. The highest BCUT2D eigenvalue weighted by Crippen LogP contribution is 2.22. The molecule has 0 bridgehead atoms. The van der Waals surface area contributed by atoms with Crippen LogP contribution in [0.3, 0.4) is 0 Å². The normalized spacial score (nSPS) is 16.4. The standard InChI is InChI=1S/C16H23NO2/c1-11(2)8-15(16(18)19-3)17-14-9-12-6-4-5-7-13(12)10-14/h4-7,11,14-15,17H,8-10H2,1-3H3. The third-order valence-electron chi connectivity index (χ3n) is 3.68. The van der Waals surface area contributed by atoms with Crippen LogP contribution >= 0.6 is 0 Å². The van der Waals surface area contributed by atoms with E-state index in [-0.39, 0.29) is 12.0 Å². The van der Waals surface area contributed by atoms with Crippen LogP contribution in [0, 0.1) is 5.92 Å². The van der Waals surface area contributed by atoms with Gasteiger partial charge in [-0.2, -0.15) is 0 Å². The Balaban J connectivity index is 1.98. The first-order valence-corrected chi connectivity index (χ1v) is 7.00. The van der Waals surface area contributed by atoms with E-state index in [1.54, 1.807) is 0 Å². The molecule has 1 N–H and O–H groups in total. The number of ether oxygens (including phenoxy) is 1. The number of esters is 1. The number of carbonyl (C=O) groups is 1. The van der Waals surface area contributed by atoms with Crippen molar-refractivity contribution in [3.8, 4) is 0 Å². The Hall–Kier alpha value is -1.35. The fraction of sp³-hybridized carbons (Fsp3) is 0.562. The van der Waals surface area contributed by atoms with Crippen LogP contribution in [0.2, 0.25) is 0 Å². The van der Waals surface area contributed by atoms with Crippen molar-refractivity contribution < 1.29 is 9.53 Å². The molecular weight excluding hydrogens is 238 g/mol. The van der Waals surface area contributed by atoms with Crippen molar-refractivity contribution >= 4 is 5.97 Å². The van der Waals surface area contributed by atoms with Gasteiger partial charge in [-0.3, -0.25) is 4.79 Å². The van der Waals surface area contributed by atoms with Crippen LogP contribution in [0.25, 0.3) is 0 Å². The summed E-state index contributed by atoms with van der Waals surface area (Å²) in [6.45, 7) is 4.25. The summed E-state index contributed by atoms with van der Waals surface area (Å²) >= 11 is 0. The summed E-state index contributed by atoms with van der Waals surface area (Å²) in [4.78, 5) is 11.8. The zero-order valence-electron chi connectivity index (χ0n) is 12.0. The van der Waals surface area contributed by atoms with Gasteiger partial charge in [0.1, 0.15) is 6.04 Å². The van der Waals surface area contributed by atoms with Crippen molar-refractivity contribution in [2.75, 3.05) is 7.11 Å². The molecule has 1 atom stereocenters. The molecule has 0 spiro atoms. The van der Waals surface area contributed by atoms with E-state index in [0.717, 1.165) is 19.3 Å². The average Bonchev–Trinajstić information content (AvgIpc) is 2.78. The van der Waals surface area contributed by atoms with Crippen molar-refractivity contribution in [2.24, 2.45) is 5.92 Å². The molecule has 2 rings (SSSR count). The maximum absolute atomic E-state index is 11.8. The van der Waals surface area contributed by atoms with Crippen LogP contribution in [-0.4, -0.2) is 25.2 Å². The van der Waals surface area contributed by atoms with Gasteiger partial charge in [0.25, 0.3) is 0 Å². The number of hydrogen-bond donors (Lipinski definition) is 1. The van der Waals surface area contributed by atoms with E-state index >= 15 is 0 Å². The molecule has 0 heterocycles. The second kappa shape index (κ2) is 6.20. The van der Waals surface area contributed by atoms with Crippen LogP contribution in [0.15, 0.2) is 24.3 Å². The average molecular weight is 261 g/mol. The van der Waals surface area contributed by atoms with Crippen molar-refractivity contribution in [3.63, 3.8) is 0 Å². The van der Waals surface area contributed by atoms with Gasteiger partial charge in [-0.1, -0.05) is 38.1 Å². The van der Waals surface area contributed by atoms with Gasteiger partial charge in [0, 0.05) is 6.04 Å². The van der Waals surface area contributed by atoms with Crippen molar-refractivity contribution in [1.82, 2.24) is 5.32 Å². The second-order valence-electron chi connectivity index (χ2n) is 5.75. The van der Waals surface area contributed by atoms with Crippen LogP contribution in [0.1, 0.15) is 31.4 Å². The smallest absolute Gasteiger partial charge is 0.322 e. The van der Waals surface area contributed by atoms with Crippen molar-refractivity contribution in [3.05, 3.63) is 35.4 Å². The Labute approximate surface area is 115 Å². The third-order valence-corrected chi connectivity index (χ3v) is 3.68. The number of hydrogen-bond acceptors (Lipinski definition) is 3. The molecule has 0 amide bonds. The van der Waals surface area contributed by atoms with Gasteiger partial charge in [-0.05, 0) is 36.3 Å². The fourth-order valence-electron chi connectivity index (χ4n) is 2.81. The second-order valence-corrected chi connectivity index (χ2v) is 5.75. The summed E-state index contributed by atoms with van der Waals surface area (Å²) in [6.07, 6.45) is 2.82. The molecule has 1 aliphatic rings. The largest absolute Gasteiger partial charge is 0.468 e. The van der Waals surface area contributed by atoms with Gasteiger partial charge in [-0.25, -0.2) is 0 Å². The monoisotopic (exact) mass is 261 g/mol. The highest BCUT2D eigenvalue weighted by atomic mass is 16.5. The molecule has 1 aromatic rings. The first-order chi connectivity index (χ1) is 9.10. The maximum Gasteiger partial charge on any atom is 0.322 e. The molecule has 1 aliphatic carbocycles. The Kier molecular flexibility index (Phi) is 4.59. The lowest BCUT2D eigenvalue weighted by Gasteiger charge is -2.22. The lowest BCUT2D eigenvalue weighted by Crippen LogP contribution is -2.45. The molecule has 0 radical (unpaired) electrons. The topological polar surface area (TPSA) is 38.3 Å². The predicted octanol–water partition coefficient (Wildman–Crippen LogP) is 2.33. The molecule has 0 saturated heterocycles. The molecule has 1 aromatic carbocycles. The number of methoxy groups -OCH3 is 1. The summed E-state index contributed by atoms with van der Waals surface area (Å²) in [6, 6.07) is 8.66. The maximum atomic E-state index is 11.8. The quantitative estimate of drug-likeness (QED) is 0.827. The highest BCUT2D eigenvalue weighted by Gasteiger charge is 2.27. The van der Waals surface area contributed by atoms with E-state index in [9.17, 15) is 4.79 Å². The minimum Gasteiger partial charge on any atom is -0.468 e. The van der Waals surface area contributed by atoms with Gasteiger partial charge in [-0.15, -0.1) is 0 Å². The first-order valence-electron chi connectivity index (χ1n) is 7.00. The number of carbonyl (C=O) groups excluding carboxylic acids is 1. The zero-order chi connectivity index (χ0) is 13.8. The van der Waals surface area contributed by atoms with Gasteiger partial charge in [0.05, 0.1) is 7.11 Å². The molecule has 0 aliphatic heterocycles. The molecule has 0 aromatic heterocycles. The van der Waals surface area contributed by atoms with Gasteiger partial charge >= 0.3 is 5.97 Å². The Morgan fingerprint density at radius 1 is 1.32 bits per heavy atom. The summed E-state index contributed by atoms with van der Waals surface area (Å²) in [5, 5.41) is 3.47. The molecule has 3 heteroatoms. The Bertz CT molecular complexity index is 417. The molecule has 0 saturated carbocycles. The molecule has 0 fully saturated rings.